The molecule has 4 aromatic rings. The Labute approximate surface area is 222 Å². The number of halogens is 1. The van der Waals surface area contributed by atoms with Crippen molar-refractivity contribution in [2.75, 3.05) is 6.54 Å². The minimum atomic E-state index is -1.04. The molecule has 1 amide bonds. The van der Waals surface area contributed by atoms with Crippen molar-refractivity contribution in [3.05, 3.63) is 106 Å². The van der Waals surface area contributed by atoms with Crippen LogP contribution in [0.5, 0.6) is 0 Å². The van der Waals surface area contributed by atoms with E-state index in [0.717, 1.165) is 5.56 Å². The van der Waals surface area contributed by atoms with Crippen molar-refractivity contribution in [2.45, 2.75) is 18.9 Å². The first-order valence-corrected chi connectivity index (χ1v) is 12.1. The summed E-state index contributed by atoms with van der Waals surface area (Å²) in [7, 11) is 0. The van der Waals surface area contributed by atoms with Crippen molar-refractivity contribution in [2.24, 2.45) is 0 Å². The fourth-order valence-corrected chi connectivity index (χ4v) is 4.67. The number of carbonyl (C=O) groups is 3. The number of hydrogen-bond donors (Lipinski definition) is 1. The van der Waals surface area contributed by atoms with Crippen LogP contribution in [0.2, 0.25) is 5.02 Å². The highest BCUT2D eigenvalue weighted by atomic mass is 35.5. The summed E-state index contributed by atoms with van der Waals surface area (Å²) >= 11 is 6.19. The van der Waals surface area contributed by atoms with Crippen LogP contribution in [0.1, 0.15) is 38.7 Å². The molecule has 1 aliphatic rings. The number of amides is 1. The van der Waals surface area contributed by atoms with Gasteiger partial charge in [-0.15, -0.1) is 5.10 Å². The highest BCUT2D eigenvalue weighted by Gasteiger charge is 2.35. The summed E-state index contributed by atoms with van der Waals surface area (Å²) in [5.74, 6) is -1.58. The van der Waals surface area contributed by atoms with Gasteiger partial charge in [0, 0.05) is 47.6 Å². The quantitative estimate of drug-likeness (QED) is 0.361. The Balaban J connectivity index is 1.43. The van der Waals surface area contributed by atoms with Crippen LogP contribution in [0.3, 0.4) is 0 Å². The van der Waals surface area contributed by atoms with E-state index < -0.39 is 12.0 Å². The smallest absolute Gasteiger partial charge is 0.335 e. The summed E-state index contributed by atoms with van der Waals surface area (Å²) in [6, 6.07) is 12.3. The summed E-state index contributed by atoms with van der Waals surface area (Å²) in [5.41, 5.74) is 3.70. The predicted octanol–water partition coefficient (Wildman–Crippen LogP) is 3.36. The Hall–Kier alpha value is -4.70. The molecule has 10 nitrogen and oxygen atoms in total. The van der Waals surface area contributed by atoms with E-state index in [9.17, 15) is 14.4 Å². The zero-order valence-electron chi connectivity index (χ0n) is 19.9. The number of aromatic nitrogens is 5. The molecular weight excluding hydrogens is 508 g/mol. The number of hydrogen-bond acceptors (Lipinski definition) is 7. The molecule has 0 saturated carbocycles. The van der Waals surface area contributed by atoms with Crippen LogP contribution in [0.25, 0.3) is 11.8 Å². The van der Waals surface area contributed by atoms with E-state index in [1.165, 1.54) is 34.1 Å². The number of carboxylic acid groups (broad SMARTS) is 1. The van der Waals surface area contributed by atoms with Crippen molar-refractivity contribution in [1.29, 1.82) is 0 Å². The molecule has 0 saturated heterocycles. The van der Waals surface area contributed by atoms with Gasteiger partial charge in [-0.2, -0.15) is 4.68 Å². The number of rotatable bonds is 7. The normalized spacial score (nSPS) is 14.9. The highest BCUT2D eigenvalue weighted by molar-refractivity contribution is 6.30. The first-order chi connectivity index (χ1) is 18.4. The molecule has 0 bridgehead atoms. The molecule has 190 valence electrons. The SMILES string of the molecule is O=C(O)c1ccc(CC(=O)C2c3cnccc3CCN2C(=O)/C=C/c2cc(Cl)ccc2-n2cnnn2)cc1. The first-order valence-electron chi connectivity index (χ1n) is 11.7. The molecule has 1 N–H and O–H groups in total. The minimum absolute atomic E-state index is 0.0319. The zero-order valence-corrected chi connectivity index (χ0v) is 20.7. The number of fused-ring (bicyclic) bond motifs is 1. The van der Waals surface area contributed by atoms with E-state index >= 15 is 0 Å². The van der Waals surface area contributed by atoms with E-state index in [1.54, 1.807) is 48.8 Å². The number of aromatic carboxylic acids is 1. The summed E-state index contributed by atoms with van der Waals surface area (Å²) in [6.45, 7) is 0.351. The van der Waals surface area contributed by atoms with Crippen LogP contribution in [-0.2, 0) is 22.4 Å². The maximum Gasteiger partial charge on any atom is 0.335 e. The molecule has 2 aromatic heterocycles. The van der Waals surface area contributed by atoms with Gasteiger partial charge in [-0.25, -0.2) is 4.79 Å². The number of tetrazole rings is 1. The molecule has 0 aliphatic carbocycles. The fraction of sp³-hybridized carbons (Fsp3) is 0.148. The van der Waals surface area contributed by atoms with Crippen molar-refractivity contribution in [3.63, 3.8) is 0 Å². The predicted molar refractivity (Wildman–Crippen MR) is 138 cm³/mol. The van der Waals surface area contributed by atoms with Gasteiger partial charge in [0.15, 0.2) is 5.78 Å². The van der Waals surface area contributed by atoms with Crippen LogP contribution in [0, 0.1) is 0 Å². The lowest BCUT2D eigenvalue weighted by Crippen LogP contribution is -2.43. The summed E-state index contributed by atoms with van der Waals surface area (Å²) in [5, 5.41) is 20.8. The van der Waals surface area contributed by atoms with E-state index in [1.807, 2.05) is 6.07 Å². The summed E-state index contributed by atoms with van der Waals surface area (Å²) < 4.78 is 1.46. The van der Waals surface area contributed by atoms with Gasteiger partial charge < -0.3 is 10.0 Å². The Bertz CT molecular complexity index is 1540. The van der Waals surface area contributed by atoms with Crippen molar-refractivity contribution in [3.8, 4) is 5.69 Å². The molecule has 1 aliphatic heterocycles. The summed E-state index contributed by atoms with van der Waals surface area (Å²) in [4.78, 5) is 44.0. The van der Waals surface area contributed by atoms with Crippen LogP contribution in [0.15, 0.2) is 73.3 Å². The average molecular weight is 529 g/mol. The van der Waals surface area contributed by atoms with E-state index in [-0.39, 0.29) is 23.7 Å². The largest absolute Gasteiger partial charge is 0.478 e. The Kier molecular flexibility index (Phi) is 7.05. The van der Waals surface area contributed by atoms with Gasteiger partial charge in [0.2, 0.25) is 5.91 Å². The van der Waals surface area contributed by atoms with Crippen molar-refractivity contribution >= 4 is 35.3 Å². The number of pyridine rings is 1. The maximum absolute atomic E-state index is 13.6. The first kappa shape index (κ1) is 25.0. The van der Waals surface area contributed by atoms with Crippen LogP contribution >= 0.6 is 11.6 Å². The number of ketones is 1. The molecule has 2 aromatic carbocycles. The molecule has 1 unspecified atom stereocenters. The lowest BCUT2D eigenvalue weighted by atomic mass is 9.89. The van der Waals surface area contributed by atoms with Gasteiger partial charge in [-0.3, -0.25) is 14.6 Å². The number of carboxylic acids is 1. The monoisotopic (exact) mass is 528 g/mol. The molecule has 0 fully saturated rings. The lowest BCUT2D eigenvalue weighted by Gasteiger charge is -2.35. The van der Waals surface area contributed by atoms with Gasteiger partial charge in [-0.1, -0.05) is 23.7 Å². The van der Waals surface area contributed by atoms with Gasteiger partial charge in [0.05, 0.1) is 11.3 Å². The third kappa shape index (κ3) is 5.21. The minimum Gasteiger partial charge on any atom is -0.478 e. The second-order valence-corrected chi connectivity index (χ2v) is 9.13. The van der Waals surface area contributed by atoms with Gasteiger partial charge in [-0.05, 0) is 70.4 Å². The Morgan fingerprint density at radius 2 is 1.92 bits per heavy atom. The van der Waals surface area contributed by atoms with Crippen LogP contribution in [-0.4, -0.2) is 59.4 Å². The second-order valence-electron chi connectivity index (χ2n) is 8.69. The number of Topliss-reactive ketones (excluding diaryl/α,β-unsaturated/α-hetero) is 1. The van der Waals surface area contributed by atoms with Gasteiger partial charge in [0.1, 0.15) is 12.4 Å². The topological polar surface area (TPSA) is 131 Å². The van der Waals surface area contributed by atoms with E-state index in [0.29, 0.717) is 40.4 Å². The molecular formula is C27H21ClN6O4. The number of carbonyl (C=O) groups excluding carboxylic acids is 2. The maximum atomic E-state index is 13.6. The van der Waals surface area contributed by atoms with Crippen LogP contribution in [0.4, 0.5) is 0 Å². The zero-order chi connectivity index (χ0) is 26.6. The standard InChI is InChI=1S/C27H21ClN6O4/c28-21-6-7-23(34-16-30-31-32-34)20(14-21)5-8-25(36)33-12-10-18-9-11-29-15-22(18)26(33)24(35)13-17-1-3-19(4-2-17)27(37)38/h1-9,11,14-16,26H,10,12-13H2,(H,37,38)/b8-5+. The summed E-state index contributed by atoms with van der Waals surface area (Å²) in [6.07, 6.45) is 8.38. The van der Waals surface area contributed by atoms with E-state index in [4.69, 9.17) is 16.7 Å². The molecule has 0 radical (unpaired) electrons. The Morgan fingerprint density at radius 3 is 2.66 bits per heavy atom. The van der Waals surface area contributed by atoms with Crippen molar-refractivity contribution < 1.29 is 19.5 Å². The molecule has 1 atom stereocenters. The average Bonchev–Trinajstić information content (AvgIpc) is 3.46. The lowest BCUT2D eigenvalue weighted by molar-refractivity contribution is -0.136. The Morgan fingerprint density at radius 1 is 1.11 bits per heavy atom. The van der Waals surface area contributed by atoms with Crippen LogP contribution < -0.4 is 0 Å². The second kappa shape index (κ2) is 10.7. The highest BCUT2D eigenvalue weighted by Crippen LogP contribution is 2.31. The molecule has 38 heavy (non-hydrogen) atoms. The molecule has 5 rings (SSSR count). The molecule has 11 heteroatoms. The fourth-order valence-electron chi connectivity index (χ4n) is 4.49. The van der Waals surface area contributed by atoms with E-state index in [2.05, 4.69) is 20.5 Å². The molecule has 0 spiro atoms. The van der Waals surface area contributed by atoms with Gasteiger partial charge >= 0.3 is 5.97 Å². The van der Waals surface area contributed by atoms with Gasteiger partial charge in [0.25, 0.3) is 0 Å². The third-order valence-corrected chi connectivity index (χ3v) is 6.57. The third-order valence-electron chi connectivity index (χ3n) is 6.33. The molecule has 3 heterocycles. The van der Waals surface area contributed by atoms with Crippen molar-refractivity contribution in [1.82, 2.24) is 30.1 Å². The number of nitrogens with zero attached hydrogens (tertiary/aromatic N) is 6. The number of benzene rings is 2.